The highest BCUT2D eigenvalue weighted by molar-refractivity contribution is 6.35. The van der Waals surface area contributed by atoms with Crippen molar-refractivity contribution >= 4 is 52.6 Å². The van der Waals surface area contributed by atoms with Crippen LogP contribution in [0.1, 0.15) is 23.8 Å². The van der Waals surface area contributed by atoms with Gasteiger partial charge in [0, 0.05) is 28.7 Å². The molecule has 2 N–H and O–H groups in total. The van der Waals surface area contributed by atoms with Crippen LogP contribution in [0.25, 0.3) is 0 Å². The topological polar surface area (TPSA) is 104 Å². The molecule has 2 aromatic rings. The quantitative estimate of drug-likeness (QED) is 0.737. The molecule has 0 bridgehead atoms. The lowest BCUT2D eigenvalue weighted by atomic mass is 10.1. The van der Waals surface area contributed by atoms with Crippen LogP contribution in [-0.4, -0.2) is 40.9 Å². The molecular weight excluding hydrogens is 395 g/mol. The largest absolute Gasteiger partial charge is 0.461 e. The molecule has 27 heavy (non-hydrogen) atoms. The number of halogens is 2. The molecule has 1 atom stereocenters. The molecule has 1 aromatic carbocycles. The third-order valence-corrected chi connectivity index (χ3v) is 4.40. The molecule has 0 radical (unpaired) electrons. The van der Waals surface area contributed by atoms with Crippen molar-refractivity contribution in [3.63, 3.8) is 0 Å². The van der Waals surface area contributed by atoms with E-state index in [0.29, 0.717) is 15.7 Å². The van der Waals surface area contributed by atoms with E-state index in [1.54, 1.807) is 25.1 Å². The van der Waals surface area contributed by atoms with E-state index >= 15 is 0 Å². The van der Waals surface area contributed by atoms with Gasteiger partial charge >= 0.3 is 5.97 Å². The summed E-state index contributed by atoms with van der Waals surface area (Å²) < 4.78 is 4.85. The number of nitrogens with zero attached hydrogens (tertiary/aromatic N) is 2. The molecule has 1 aliphatic rings. The van der Waals surface area contributed by atoms with E-state index in [2.05, 4.69) is 15.3 Å². The van der Waals surface area contributed by atoms with Gasteiger partial charge in [0.15, 0.2) is 0 Å². The van der Waals surface area contributed by atoms with Gasteiger partial charge in [0.05, 0.1) is 18.7 Å². The molecular formula is C17H16Cl2N4O4. The number of esters is 1. The third kappa shape index (κ3) is 4.40. The van der Waals surface area contributed by atoms with Crippen LogP contribution >= 0.6 is 23.2 Å². The van der Waals surface area contributed by atoms with Crippen molar-refractivity contribution in [1.29, 1.82) is 0 Å². The Labute approximate surface area is 164 Å². The summed E-state index contributed by atoms with van der Waals surface area (Å²) in [5.41, 5.74) is 0.667. The fourth-order valence-electron chi connectivity index (χ4n) is 2.74. The molecule has 8 nitrogen and oxygen atoms in total. The fourth-order valence-corrected chi connectivity index (χ4v) is 3.26. The predicted molar refractivity (Wildman–Crippen MR) is 100 cm³/mol. The van der Waals surface area contributed by atoms with Gasteiger partial charge in [-0.25, -0.2) is 9.78 Å². The monoisotopic (exact) mass is 410 g/mol. The standard InChI is InChI=1S/C17H16Cl2N4O4/c1-2-27-16(26)13-7-20-17(21-13)22-15(25)9-3-14(24)23(8-9)12-5-10(18)4-11(19)6-12/h4-7,9H,2-3,8H2,1H3,(H2,20,21,22,25). The molecule has 0 aliphatic carbocycles. The molecule has 0 saturated carbocycles. The molecule has 2 amide bonds. The molecule has 1 fully saturated rings. The van der Waals surface area contributed by atoms with Gasteiger partial charge in [-0.15, -0.1) is 0 Å². The Balaban J connectivity index is 1.66. The van der Waals surface area contributed by atoms with E-state index in [1.807, 2.05) is 0 Å². The molecule has 1 unspecified atom stereocenters. The van der Waals surface area contributed by atoms with E-state index in [1.165, 1.54) is 11.1 Å². The molecule has 2 heterocycles. The number of benzene rings is 1. The Bertz CT molecular complexity index is 879. The molecule has 1 aliphatic heterocycles. The average molecular weight is 411 g/mol. The first-order chi connectivity index (χ1) is 12.9. The number of rotatable bonds is 5. The number of hydrogen-bond donors (Lipinski definition) is 2. The van der Waals surface area contributed by atoms with E-state index in [9.17, 15) is 14.4 Å². The van der Waals surface area contributed by atoms with Crippen molar-refractivity contribution < 1.29 is 19.1 Å². The van der Waals surface area contributed by atoms with Gasteiger partial charge in [0.2, 0.25) is 17.8 Å². The van der Waals surface area contributed by atoms with Gasteiger partial charge in [0.1, 0.15) is 5.69 Å². The molecule has 1 aromatic heterocycles. The lowest BCUT2D eigenvalue weighted by Gasteiger charge is -2.17. The predicted octanol–water partition coefficient (Wildman–Crippen LogP) is 2.88. The minimum atomic E-state index is -0.577. The molecule has 10 heteroatoms. The normalized spacial score (nSPS) is 16.5. The first-order valence-corrected chi connectivity index (χ1v) is 8.92. The number of H-pyrrole nitrogens is 1. The number of carbonyl (C=O) groups excluding carboxylic acids is 3. The van der Waals surface area contributed by atoms with Crippen LogP contribution in [0.5, 0.6) is 0 Å². The highest BCUT2D eigenvalue weighted by atomic mass is 35.5. The van der Waals surface area contributed by atoms with Gasteiger partial charge < -0.3 is 14.6 Å². The maximum Gasteiger partial charge on any atom is 0.356 e. The zero-order chi connectivity index (χ0) is 19.6. The second-order valence-electron chi connectivity index (χ2n) is 5.89. The van der Waals surface area contributed by atoms with Crippen molar-refractivity contribution in [2.75, 3.05) is 23.4 Å². The Kier molecular flexibility index (Phi) is 5.67. The van der Waals surface area contributed by atoms with Crippen LogP contribution in [0, 0.1) is 5.92 Å². The van der Waals surface area contributed by atoms with Crippen LogP contribution < -0.4 is 10.2 Å². The summed E-state index contributed by atoms with van der Waals surface area (Å²) in [4.78, 5) is 44.4. The number of carbonyl (C=O) groups is 3. The number of imidazole rings is 1. The van der Waals surface area contributed by atoms with Crippen molar-refractivity contribution in [3.8, 4) is 0 Å². The maximum absolute atomic E-state index is 12.5. The third-order valence-electron chi connectivity index (χ3n) is 3.97. The number of hydrogen-bond acceptors (Lipinski definition) is 5. The summed E-state index contributed by atoms with van der Waals surface area (Å²) in [5.74, 6) is -1.62. The number of anilines is 2. The average Bonchev–Trinajstić information content (AvgIpc) is 3.21. The summed E-state index contributed by atoms with van der Waals surface area (Å²) in [5, 5.41) is 3.38. The van der Waals surface area contributed by atoms with Gasteiger partial charge in [-0.3, -0.25) is 14.9 Å². The summed E-state index contributed by atoms with van der Waals surface area (Å²) in [6.45, 7) is 2.10. The molecule has 1 saturated heterocycles. The Morgan fingerprint density at radius 2 is 2.04 bits per heavy atom. The summed E-state index contributed by atoms with van der Waals surface area (Å²) in [6.07, 6.45) is 1.31. The van der Waals surface area contributed by atoms with Crippen molar-refractivity contribution in [2.24, 2.45) is 5.92 Å². The molecule has 142 valence electrons. The molecule has 0 spiro atoms. The summed E-state index contributed by atoms with van der Waals surface area (Å²) in [7, 11) is 0. The Morgan fingerprint density at radius 1 is 1.33 bits per heavy atom. The number of aromatic nitrogens is 2. The van der Waals surface area contributed by atoms with Gasteiger partial charge in [-0.2, -0.15) is 0 Å². The number of amides is 2. The van der Waals surface area contributed by atoms with Crippen LogP contribution in [0.15, 0.2) is 24.4 Å². The number of ether oxygens (including phenoxy) is 1. The van der Waals surface area contributed by atoms with E-state index < -0.39 is 11.9 Å². The van der Waals surface area contributed by atoms with Crippen molar-refractivity contribution in [3.05, 3.63) is 40.1 Å². The van der Waals surface area contributed by atoms with Crippen LogP contribution in [0.3, 0.4) is 0 Å². The summed E-state index contributed by atoms with van der Waals surface area (Å²) in [6, 6.07) is 4.79. The van der Waals surface area contributed by atoms with Crippen molar-refractivity contribution in [2.45, 2.75) is 13.3 Å². The lowest BCUT2D eigenvalue weighted by Crippen LogP contribution is -2.28. The first kappa shape index (κ1) is 19.2. The fraction of sp³-hybridized carbons (Fsp3) is 0.294. The molecule has 3 rings (SSSR count). The van der Waals surface area contributed by atoms with Crippen LogP contribution in [-0.2, 0) is 14.3 Å². The lowest BCUT2D eigenvalue weighted by molar-refractivity contribution is -0.122. The highest BCUT2D eigenvalue weighted by Gasteiger charge is 2.35. The number of nitrogens with one attached hydrogen (secondary N) is 2. The van der Waals surface area contributed by atoms with Crippen LogP contribution in [0.2, 0.25) is 10.0 Å². The van der Waals surface area contributed by atoms with E-state index in [0.717, 1.165) is 0 Å². The van der Waals surface area contributed by atoms with Gasteiger partial charge in [-0.1, -0.05) is 23.2 Å². The maximum atomic E-state index is 12.5. The highest BCUT2D eigenvalue weighted by Crippen LogP contribution is 2.30. The zero-order valence-electron chi connectivity index (χ0n) is 14.3. The number of aromatic amines is 1. The minimum absolute atomic E-state index is 0.0431. The first-order valence-electron chi connectivity index (χ1n) is 8.16. The zero-order valence-corrected chi connectivity index (χ0v) is 15.8. The SMILES string of the molecule is CCOC(=O)c1cnc(NC(=O)C2CC(=O)N(c3cc(Cl)cc(Cl)c3)C2)[nH]1. The van der Waals surface area contributed by atoms with E-state index in [4.69, 9.17) is 27.9 Å². The Hall–Kier alpha value is -2.58. The van der Waals surface area contributed by atoms with Crippen LogP contribution in [0.4, 0.5) is 11.6 Å². The van der Waals surface area contributed by atoms with Gasteiger partial charge in [-0.05, 0) is 25.1 Å². The Morgan fingerprint density at radius 3 is 2.70 bits per heavy atom. The smallest absolute Gasteiger partial charge is 0.356 e. The van der Waals surface area contributed by atoms with Crippen molar-refractivity contribution in [1.82, 2.24) is 9.97 Å². The second kappa shape index (κ2) is 7.98. The van der Waals surface area contributed by atoms with Gasteiger partial charge in [0.25, 0.3) is 0 Å². The second-order valence-corrected chi connectivity index (χ2v) is 6.76. The minimum Gasteiger partial charge on any atom is -0.461 e. The summed E-state index contributed by atoms with van der Waals surface area (Å²) >= 11 is 12.0. The van der Waals surface area contributed by atoms with E-state index in [-0.39, 0.29) is 43.0 Å².